The molecule has 0 aromatic carbocycles. The van der Waals surface area contributed by atoms with Crippen LogP contribution < -0.4 is 0 Å². The van der Waals surface area contributed by atoms with Crippen LogP contribution in [0.2, 0.25) is 0 Å². The second kappa shape index (κ2) is 4.07. The Kier molecular flexibility index (Phi) is 2.79. The van der Waals surface area contributed by atoms with Crippen molar-refractivity contribution in [3.05, 3.63) is 29.4 Å². The molecule has 2 aromatic heterocycles. The molecule has 0 aliphatic carbocycles. The van der Waals surface area contributed by atoms with Crippen LogP contribution in [0.3, 0.4) is 0 Å². The predicted octanol–water partition coefficient (Wildman–Crippen LogP) is 2.61. The Hall–Kier alpha value is -0.930. The molecular formula is C11H13NOS. The van der Waals surface area contributed by atoms with Crippen LogP contribution in [-0.2, 0) is 6.42 Å². The number of rotatable bonds is 3. The highest BCUT2D eigenvalue weighted by Gasteiger charge is 2.07. The van der Waals surface area contributed by atoms with Gasteiger partial charge in [-0.05, 0) is 23.9 Å². The SMILES string of the molecule is CCC(O)Cc1nccc2sccc12. The molecule has 14 heavy (non-hydrogen) atoms. The average molecular weight is 207 g/mol. The maximum atomic E-state index is 9.57. The zero-order valence-electron chi connectivity index (χ0n) is 8.10. The summed E-state index contributed by atoms with van der Waals surface area (Å²) in [4.78, 5) is 4.31. The van der Waals surface area contributed by atoms with Crippen molar-refractivity contribution in [3.8, 4) is 0 Å². The van der Waals surface area contributed by atoms with Crippen molar-refractivity contribution in [3.63, 3.8) is 0 Å². The largest absolute Gasteiger partial charge is 0.393 e. The fourth-order valence-electron chi connectivity index (χ4n) is 1.48. The Morgan fingerprint density at radius 3 is 3.14 bits per heavy atom. The van der Waals surface area contributed by atoms with E-state index in [-0.39, 0.29) is 6.10 Å². The molecule has 2 heterocycles. The van der Waals surface area contributed by atoms with E-state index < -0.39 is 0 Å². The number of aromatic nitrogens is 1. The van der Waals surface area contributed by atoms with Gasteiger partial charge in [-0.2, -0.15) is 0 Å². The van der Waals surface area contributed by atoms with Crippen LogP contribution in [0.4, 0.5) is 0 Å². The molecule has 1 unspecified atom stereocenters. The van der Waals surface area contributed by atoms with Gasteiger partial charge >= 0.3 is 0 Å². The van der Waals surface area contributed by atoms with Crippen LogP contribution >= 0.6 is 11.3 Å². The molecule has 0 spiro atoms. The van der Waals surface area contributed by atoms with Gasteiger partial charge in [0.05, 0.1) is 11.8 Å². The quantitative estimate of drug-likeness (QED) is 0.839. The fraction of sp³-hybridized carbons (Fsp3) is 0.364. The predicted molar refractivity (Wildman–Crippen MR) is 59.6 cm³/mol. The first-order valence-corrected chi connectivity index (χ1v) is 5.68. The molecule has 2 aromatic rings. The van der Waals surface area contributed by atoms with Crippen molar-refractivity contribution in [2.75, 3.05) is 0 Å². The number of aliphatic hydroxyl groups is 1. The lowest BCUT2D eigenvalue weighted by atomic mass is 10.1. The lowest BCUT2D eigenvalue weighted by Crippen LogP contribution is -2.09. The molecule has 74 valence electrons. The average Bonchev–Trinajstić information content (AvgIpc) is 2.66. The second-order valence-electron chi connectivity index (χ2n) is 3.36. The Morgan fingerprint density at radius 1 is 1.50 bits per heavy atom. The van der Waals surface area contributed by atoms with Crippen molar-refractivity contribution in [2.45, 2.75) is 25.9 Å². The van der Waals surface area contributed by atoms with Crippen LogP contribution in [0.1, 0.15) is 19.0 Å². The summed E-state index contributed by atoms with van der Waals surface area (Å²) in [7, 11) is 0. The highest BCUT2D eigenvalue weighted by Crippen LogP contribution is 2.23. The molecule has 0 aliphatic rings. The van der Waals surface area contributed by atoms with Gasteiger partial charge in [0.1, 0.15) is 0 Å². The van der Waals surface area contributed by atoms with Gasteiger partial charge in [0.2, 0.25) is 0 Å². The van der Waals surface area contributed by atoms with Gasteiger partial charge < -0.3 is 5.11 Å². The van der Waals surface area contributed by atoms with Gasteiger partial charge in [0, 0.05) is 22.7 Å². The molecule has 0 bridgehead atoms. The number of nitrogens with zero attached hydrogens (tertiary/aromatic N) is 1. The summed E-state index contributed by atoms with van der Waals surface area (Å²) in [6, 6.07) is 4.09. The Labute approximate surface area is 87.2 Å². The highest BCUT2D eigenvalue weighted by atomic mass is 32.1. The first-order valence-electron chi connectivity index (χ1n) is 4.80. The molecule has 1 atom stereocenters. The smallest absolute Gasteiger partial charge is 0.0593 e. The van der Waals surface area contributed by atoms with Crippen LogP contribution in [0.15, 0.2) is 23.7 Å². The Bertz CT molecular complexity index is 424. The summed E-state index contributed by atoms with van der Waals surface area (Å²) >= 11 is 1.71. The van der Waals surface area contributed by atoms with E-state index in [4.69, 9.17) is 0 Å². The molecule has 0 saturated heterocycles. The zero-order chi connectivity index (χ0) is 9.97. The van der Waals surface area contributed by atoms with E-state index in [1.165, 1.54) is 10.1 Å². The van der Waals surface area contributed by atoms with E-state index in [1.807, 2.05) is 19.2 Å². The van der Waals surface area contributed by atoms with E-state index >= 15 is 0 Å². The van der Waals surface area contributed by atoms with Crippen LogP contribution in [0, 0.1) is 0 Å². The minimum absolute atomic E-state index is 0.270. The summed E-state index contributed by atoms with van der Waals surface area (Å²) in [5, 5.41) is 12.8. The molecule has 0 fully saturated rings. The fourth-order valence-corrected chi connectivity index (χ4v) is 2.29. The van der Waals surface area contributed by atoms with Crippen molar-refractivity contribution in [1.29, 1.82) is 0 Å². The van der Waals surface area contributed by atoms with Gasteiger partial charge in [-0.1, -0.05) is 6.92 Å². The molecule has 0 saturated carbocycles. The molecule has 2 nitrogen and oxygen atoms in total. The second-order valence-corrected chi connectivity index (χ2v) is 4.30. The van der Waals surface area contributed by atoms with Gasteiger partial charge in [0.15, 0.2) is 0 Å². The number of aliphatic hydroxyl groups excluding tert-OH is 1. The minimum atomic E-state index is -0.270. The standard InChI is InChI=1S/C11H13NOS/c1-2-8(13)7-10-9-4-6-14-11(9)3-5-12-10/h3-6,8,13H,2,7H2,1H3. The third kappa shape index (κ3) is 1.79. The number of pyridine rings is 1. The van der Waals surface area contributed by atoms with Gasteiger partial charge in [0.25, 0.3) is 0 Å². The van der Waals surface area contributed by atoms with E-state index in [9.17, 15) is 5.11 Å². The summed E-state index contributed by atoms with van der Waals surface area (Å²) in [6.45, 7) is 1.98. The number of thiophene rings is 1. The third-order valence-corrected chi connectivity index (χ3v) is 3.24. The van der Waals surface area contributed by atoms with Crippen molar-refractivity contribution in [1.82, 2.24) is 4.98 Å². The normalized spacial score (nSPS) is 13.3. The number of hydrogen-bond donors (Lipinski definition) is 1. The minimum Gasteiger partial charge on any atom is -0.393 e. The molecule has 0 aliphatic heterocycles. The molecule has 0 radical (unpaired) electrons. The Morgan fingerprint density at radius 2 is 2.36 bits per heavy atom. The molecule has 1 N–H and O–H groups in total. The first-order chi connectivity index (χ1) is 6.81. The first kappa shape index (κ1) is 9.62. The molecule has 0 amide bonds. The molecule has 3 heteroatoms. The van der Waals surface area contributed by atoms with Gasteiger partial charge in [-0.3, -0.25) is 4.98 Å². The highest BCUT2D eigenvalue weighted by molar-refractivity contribution is 7.17. The lowest BCUT2D eigenvalue weighted by molar-refractivity contribution is 0.170. The lowest BCUT2D eigenvalue weighted by Gasteiger charge is -2.07. The number of hydrogen-bond acceptors (Lipinski definition) is 3. The number of fused-ring (bicyclic) bond motifs is 1. The summed E-state index contributed by atoms with van der Waals surface area (Å²) in [5.41, 5.74) is 1.01. The third-order valence-electron chi connectivity index (χ3n) is 2.36. The summed E-state index contributed by atoms with van der Waals surface area (Å²) in [6.07, 6.45) is 2.98. The van der Waals surface area contributed by atoms with E-state index in [2.05, 4.69) is 16.4 Å². The maximum Gasteiger partial charge on any atom is 0.0593 e. The Balaban J connectivity index is 2.36. The van der Waals surface area contributed by atoms with E-state index in [0.29, 0.717) is 6.42 Å². The summed E-state index contributed by atoms with van der Waals surface area (Å²) in [5.74, 6) is 0. The topological polar surface area (TPSA) is 33.1 Å². The monoisotopic (exact) mass is 207 g/mol. The van der Waals surface area contributed by atoms with Gasteiger partial charge in [-0.25, -0.2) is 0 Å². The van der Waals surface area contributed by atoms with Crippen molar-refractivity contribution < 1.29 is 5.11 Å². The van der Waals surface area contributed by atoms with E-state index in [1.54, 1.807) is 11.3 Å². The van der Waals surface area contributed by atoms with Crippen molar-refractivity contribution in [2.24, 2.45) is 0 Å². The van der Waals surface area contributed by atoms with Crippen LogP contribution in [0.5, 0.6) is 0 Å². The maximum absolute atomic E-state index is 9.57. The molecular weight excluding hydrogens is 194 g/mol. The van der Waals surface area contributed by atoms with Gasteiger partial charge in [-0.15, -0.1) is 11.3 Å². The van der Waals surface area contributed by atoms with E-state index in [0.717, 1.165) is 12.1 Å². The zero-order valence-corrected chi connectivity index (χ0v) is 8.92. The van der Waals surface area contributed by atoms with Crippen molar-refractivity contribution >= 4 is 21.4 Å². The molecule has 2 rings (SSSR count). The van der Waals surface area contributed by atoms with Crippen LogP contribution in [-0.4, -0.2) is 16.2 Å². The summed E-state index contributed by atoms with van der Waals surface area (Å²) < 4.78 is 1.25. The van der Waals surface area contributed by atoms with Crippen LogP contribution in [0.25, 0.3) is 10.1 Å².